The number of rotatable bonds is 3. The molecule has 3 aromatic rings. The minimum absolute atomic E-state index is 0.115. The van der Waals surface area contributed by atoms with E-state index in [4.69, 9.17) is 0 Å². The van der Waals surface area contributed by atoms with E-state index in [1.54, 1.807) is 11.3 Å². The highest BCUT2D eigenvalue weighted by Gasteiger charge is 2.38. The van der Waals surface area contributed by atoms with Crippen molar-refractivity contribution in [3.63, 3.8) is 0 Å². The Labute approximate surface area is 146 Å². The predicted octanol–water partition coefficient (Wildman–Crippen LogP) is 4.06. The molecule has 1 aliphatic rings. The smallest absolute Gasteiger partial charge is 0.186 e. The third kappa shape index (κ3) is 2.78. The van der Waals surface area contributed by atoms with Crippen molar-refractivity contribution in [1.29, 1.82) is 0 Å². The lowest BCUT2D eigenvalue weighted by Crippen LogP contribution is -2.39. The van der Waals surface area contributed by atoms with E-state index in [0.717, 1.165) is 36.1 Å². The average Bonchev–Trinajstić information content (AvgIpc) is 3.11. The van der Waals surface area contributed by atoms with Crippen molar-refractivity contribution in [3.05, 3.63) is 53.2 Å². The lowest BCUT2D eigenvalue weighted by atomic mass is 10.0. The van der Waals surface area contributed by atoms with Crippen LogP contribution < -0.4 is 4.90 Å². The number of fused-ring (bicyclic) bond motifs is 1. The van der Waals surface area contributed by atoms with Crippen molar-refractivity contribution in [2.45, 2.75) is 32.9 Å². The van der Waals surface area contributed by atoms with Crippen LogP contribution in [0.4, 0.5) is 5.13 Å². The Bertz CT molecular complexity index is 865. The number of nitrogens with zero attached hydrogens (tertiary/aromatic N) is 4. The molecule has 0 amide bonds. The molecule has 0 unspecified atom stereocenters. The zero-order chi connectivity index (χ0) is 16.7. The number of hydrogen-bond acceptors (Lipinski definition) is 5. The second-order valence-corrected chi connectivity index (χ2v) is 7.94. The van der Waals surface area contributed by atoms with Crippen LogP contribution in [0.1, 0.15) is 25.1 Å². The van der Waals surface area contributed by atoms with E-state index in [1.807, 2.05) is 12.3 Å². The van der Waals surface area contributed by atoms with Crippen LogP contribution in [-0.2, 0) is 6.54 Å². The number of hydrogen-bond donors (Lipinski definition) is 0. The van der Waals surface area contributed by atoms with Gasteiger partial charge in [0, 0.05) is 35.6 Å². The zero-order valence-corrected chi connectivity index (χ0v) is 15.2. The van der Waals surface area contributed by atoms with Crippen LogP contribution in [0.15, 0.2) is 41.9 Å². The van der Waals surface area contributed by atoms with E-state index in [-0.39, 0.29) is 5.54 Å². The molecule has 0 N–H and O–H groups in total. The van der Waals surface area contributed by atoms with E-state index in [1.165, 1.54) is 10.9 Å². The number of benzene rings is 1. The normalized spacial score (nSPS) is 17.7. The molecule has 24 heavy (non-hydrogen) atoms. The Morgan fingerprint density at radius 2 is 2.04 bits per heavy atom. The molecule has 0 atom stereocenters. The van der Waals surface area contributed by atoms with Gasteiger partial charge in [-0.15, -0.1) is 11.3 Å². The second-order valence-electron chi connectivity index (χ2n) is 7.11. The van der Waals surface area contributed by atoms with Gasteiger partial charge in [0.25, 0.3) is 0 Å². The van der Waals surface area contributed by atoms with Gasteiger partial charge < -0.3 is 4.90 Å². The Morgan fingerprint density at radius 3 is 2.83 bits per heavy atom. The molecule has 0 radical (unpaired) electrons. The number of pyridine rings is 1. The first-order chi connectivity index (χ1) is 11.5. The first kappa shape index (κ1) is 15.5. The summed E-state index contributed by atoms with van der Waals surface area (Å²) in [5, 5.41) is 4.50. The maximum Gasteiger partial charge on any atom is 0.186 e. The van der Waals surface area contributed by atoms with Gasteiger partial charge in [0.05, 0.1) is 17.9 Å². The predicted molar refractivity (Wildman–Crippen MR) is 100 cm³/mol. The summed E-state index contributed by atoms with van der Waals surface area (Å²) in [5.74, 6) is 0. The number of aryl methyl sites for hydroxylation is 1. The molecule has 4 rings (SSSR count). The molecule has 3 heterocycles. The van der Waals surface area contributed by atoms with Crippen LogP contribution in [0, 0.1) is 6.92 Å². The van der Waals surface area contributed by atoms with Gasteiger partial charge in [-0.25, -0.2) is 4.98 Å². The second kappa shape index (κ2) is 5.83. The highest BCUT2D eigenvalue weighted by molar-refractivity contribution is 7.13. The summed E-state index contributed by atoms with van der Waals surface area (Å²) in [4.78, 5) is 14.1. The van der Waals surface area contributed by atoms with Crippen LogP contribution in [0.2, 0.25) is 0 Å². The van der Waals surface area contributed by atoms with Gasteiger partial charge in [0.1, 0.15) is 0 Å². The first-order valence-electron chi connectivity index (χ1n) is 8.28. The molecule has 5 heteroatoms. The van der Waals surface area contributed by atoms with E-state index in [2.05, 4.69) is 70.2 Å². The van der Waals surface area contributed by atoms with Crippen LogP contribution >= 0.6 is 11.3 Å². The number of para-hydroxylation sites is 1. The van der Waals surface area contributed by atoms with Crippen molar-refractivity contribution >= 4 is 27.4 Å². The summed E-state index contributed by atoms with van der Waals surface area (Å²) in [6, 6.07) is 10.5. The Hall–Kier alpha value is -1.98. The van der Waals surface area contributed by atoms with Crippen molar-refractivity contribution in [2.24, 2.45) is 0 Å². The van der Waals surface area contributed by atoms with Gasteiger partial charge in [-0.3, -0.25) is 9.88 Å². The Balaban J connectivity index is 1.61. The van der Waals surface area contributed by atoms with Gasteiger partial charge in [-0.2, -0.15) is 0 Å². The Kier molecular flexibility index (Phi) is 3.77. The molecule has 1 saturated heterocycles. The third-order valence-corrected chi connectivity index (χ3v) is 5.77. The minimum atomic E-state index is 0.115. The molecular formula is C19H22N4S. The van der Waals surface area contributed by atoms with E-state index < -0.39 is 0 Å². The van der Waals surface area contributed by atoms with Crippen LogP contribution in [0.3, 0.4) is 0 Å². The van der Waals surface area contributed by atoms with Gasteiger partial charge in [-0.05, 0) is 38.5 Å². The minimum Gasteiger partial charge on any atom is -0.333 e. The van der Waals surface area contributed by atoms with Crippen LogP contribution in [-0.4, -0.2) is 33.6 Å². The summed E-state index contributed by atoms with van der Waals surface area (Å²) in [6.45, 7) is 9.53. The maximum atomic E-state index is 4.66. The fourth-order valence-corrected chi connectivity index (χ4v) is 4.19. The molecule has 0 spiro atoms. The topological polar surface area (TPSA) is 32.3 Å². The van der Waals surface area contributed by atoms with Crippen LogP contribution in [0.25, 0.3) is 10.9 Å². The largest absolute Gasteiger partial charge is 0.333 e. The monoisotopic (exact) mass is 338 g/mol. The van der Waals surface area contributed by atoms with Crippen molar-refractivity contribution in [2.75, 3.05) is 18.1 Å². The number of anilines is 1. The molecular weight excluding hydrogens is 316 g/mol. The van der Waals surface area contributed by atoms with E-state index >= 15 is 0 Å². The lowest BCUT2D eigenvalue weighted by molar-refractivity contribution is 0.176. The van der Waals surface area contributed by atoms with Gasteiger partial charge in [0.2, 0.25) is 0 Å². The summed E-state index contributed by atoms with van der Waals surface area (Å²) in [7, 11) is 0. The quantitative estimate of drug-likeness (QED) is 0.721. The first-order valence-corrected chi connectivity index (χ1v) is 9.16. The highest BCUT2D eigenvalue weighted by atomic mass is 32.1. The van der Waals surface area contributed by atoms with Gasteiger partial charge in [-0.1, -0.05) is 18.2 Å². The van der Waals surface area contributed by atoms with Crippen molar-refractivity contribution in [1.82, 2.24) is 14.9 Å². The van der Waals surface area contributed by atoms with E-state index in [9.17, 15) is 0 Å². The van der Waals surface area contributed by atoms with Crippen molar-refractivity contribution < 1.29 is 0 Å². The number of aromatic nitrogens is 2. The molecule has 0 aliphatic carbocycles. The molecule has 124 valence electrons. The SMILES string of the molecule is Cc1csc(N2CN(Cc3ccnc4ccccc34)C(C)(C)C2)n1. The highest BCUT2D eigenvalue weighted by Crippen LogP contribution is 2.32. The summed E-state index contributed by atoms with van der Waals surface area (Å²) < 4.78 is 0. The molecule has 1 fully saturated rings. The maximum absolute atomic E-state index is 4.66. The van der Waals surface area contributed by atoms with E-state index in [0.29, 0.717) is 0 Å². The van der Waals surface area contributed by atoms with Crippen LogP contribution in [0.5, 0.6) is 0 Å². The average molecular weight is 338 g/mol. The molecule has 0 bridgehead atoms. The van der Waals surface area contributed by atoms with Gasteiger partial charge >= 0.3 is 0 Å². The third-order valence-electron chi connectivity index (χ3n) is 4.75. The standard InChI is InChI=1S/C19H22N4S/c1-14-11-24-18(21-14)22-12-19(2,3)23(13-22)10-15-8-9-20-17-7-5-4-6-16(15)17/h4-9,11H,10,12-13H2,1-3H3. The molecule has 0 saturated carbocycles. The molecule has 1 aromatic carbocycles. The zero-order valence-electron chi connectivity index (χ0n) is 14.4. The molecule has 4 nitrogen and oxygen atoms in total. The van der Waals surface area contributed by atoms with Gasteiger partial charge in [0.15, 0.2) is 5.13 Å². The number of thiazole rings is 1. The lowest BCUT2D eigenvalue weighted by Gasteiger charge is -2.29. The summed E-state index contributed by atoms with van der Waals surface area (Å²) in [6.07, 6.45) is 1.92. The molecule has 2 aromatic heterocycles. The fraction of sp³-hybridized carbons (Fsp3) is 0.368. The molecule has 1 aliphatic heterocycles. The summed E-state index contributed by atoms with van der Waals surface area (Å²) in [5.41, 5.74) is 3.63. The Morgan fingerprint density at radius 1 is 1.21 bits per heavy atom. The summed E-state index contributed by atoms with van der Waals surface area (Å²) >= 11 is 1.74. The fourth-order valence-electron chi connectivity index (χ4n) is 3.39. The van der Waals surface area contributed by atoms with Crippen molar-refractivity contribution in [3.8, 4) is 0 Å².